The zero-order valence-corrected chi connectivity index (χ0v) is 17.1. The number of hydrogen-bond acceptors (Lipinski definition) is 6. The molecule has 0 aliphatic carbocycles. The molecular formula is C23H27N3O4. The Bertz CT molecular complexity index is 945. The number of aliphatic hydroxyl groups excluding tert-OH is 1. The van der Waals surface area contributed by atoms with Crippen molar-refractivity contribution in [3.05, 3.63) is 60.1 Å². The first-order valence-corrected chi connectivity index (χ1v) is 10.3. The predicted octanol–water partition coefficient (Wildman–Crippen LogP) is 2.77. The molecule has 0 radical (unpaired) electrons. The van der Waals surface area contributed by atoms with Crippen LogP contribution in [0, 0.1) is 6.92 Å². The monoisotopic (exact) mass is 409 g/mol. The van der Waals surface area contributed by atoms with E-state index in [2.05, 4.69) is 15.2 Å². The van der Waals surface area contributed by atoms with E-state index in [0.717, 1.165) is 37.1 Å². The van der Waals surface area contributed by atoms with Crippen LogP contribution in [0.25, 0.3) is 11.0 Å². The molecule has 0 bridgehead atoms. The van der Waals surface area contributed by atoms with Gasteiger partial charge in [-0.25, -0.2) is 0 Å². The number of amides is 1. The minimum absolute atomic E-state index is 0.0982. The van der Waals surface area contributed by atoms with E-state index < -0.39 is 6.10 Å². The van der Waals surface area contributed by atoms with Gasteiger partial charge in [-0.15, -0.1) is 0 Å². The molecule has 2 aromatic heterocycles. The highest BCUT2D eigenvalue weighted by molar-refractivity contribution is 5.96. The fourth-order valence-electron chi connectivity index (χ4n) is 3.69. The molecule has 3 aromatic rings. The second-order valence-corrected chi connectivity index (χ2v) is 7.85. The fraction of sp³-hybridized carbons (Fsp3) is 0.391. The molecule has 1 amide bonds. The van der Waals surface area contributed by atoms with Gasteiger partial charge in [0.15, 0.2) is 11.3 Å². The lowest BCUT2D eigenvalue weighted by molar-refractivity contribution is 0.0565. The first-order chi connectivity index (χ1) is 14.6. The summed E-state index contributed by atoms with van der Waals surface area (Å²) in [5, 5.41) is 14.2. The Balaban J connectivity index is 1.19. The van der Waals surface area contributed by atoms with Crippen LogP contribution < -0.4 is 10.1 Å². The minimum Gasteiger partial charge on any atom is -0.491 e. The maximum absolute atomic E-state index is 12.5. The summed E-state index contributed by atoms with van der Waals surface area (Å²) in [5.41, 5.74) is 1.79. The third kappa shape index (κ3) is 5.17. The molecule has 7 heteroatoms. The molecule has 30 heavy (non-hydrogen) atoms. The number of piperidine rings is 1. The Morgan fingerprint density at radius 3 is 2.80 bits per heavy atom. The maximum Gasteiger partial charge on any atom is 0.287 e. The number of aliphatic hydroxyl groups is 1. The zero-order valence-electron chi connectivity index (χ0n) is 17.1. The standard InChI is InChI=1S/C23H27N3O4/c1-16-2-4-20(5-3-16)29-15-19(27)14-26-10-7-18(8-11-26)25-23(28)21-12-17-6-9-24-13-22(17)30-21/h2-6,9,12-13,18-19,27H,7-8,10-11,14-15H2,1H3,(H,25,28). The first kappa shape index (κ1) is 20.4. The van der Waals surface area contributed by atoms with E-state index in [9.17, 15) is 9.90 Å². The minimum atomic E-state index is -0.554. The number of benzene rings is 1. The summed E-state index contributed by atoms with van der Waals surface area (Å²) in [4.78, 5) is 18.7. The van der Waals surface area contributed by atoms with Gasteiger partial charge in [0.05, 0.1) is 6.20 Å². The fourth-order valence-corrected chi connectivity index (χ4v) is 3.69. The predicted molar refractivity (Wildman–Crippen MR) is 114 cm³/mol. The summed E-state index contributed by atoms with van der Waals surface area (Å²) in [6, 6.07) is 11.5. The highest BCUT2D eigenvalue weighted by Gasteiger charge is 2.24. The van der Waals surface area contributed by atoms with Gasteiger partial charge < -0.3 is 24.5 Å². The molecule has 1 aliphatic rings. The molecule has 7 nitrogen and oxygen atoms in total. The van der Waals surface area contributed by atoms with Crippen LogP contribution in [0.3, 0.4) is 0 Å². The van der Waals surface area contributed by atoms with Crippen LogP contribution in [0.1, 0.15) is 29.0 Å². The van der Waals surface area contributed by atoms with Crippen molar-refractivity contribution in [1.82, 2.24) is 15.2 Å². The average molecular weight is 409 g/mol. The smallest absolute Gasteiger partial charge is 0.287 e. The second-order valence-electron chi connectivity index (χ2n) is 7.85. The number of ether oxygens (including phenoxy) is 1. The Morgan fingerprint density at radius 2 is 2.07 bits per heavy atom. The number of likely N-dealkylation sites (tertiary alicyclic amines) is 1. The SMILES string of the molecule is Cc1ccc(OCC(O)CN2CCC(NC(=O)c3cc4ccncc4o3)CC2)cc1. The quantitative estimate of drug-likeness (QED) is 0.624. The van der Waals surface area contributed by atoms with Gasteiger partial charge in [0.25, 0.3) is 5.91 Å². The summed E-state index contributed by atoms with van der Waals surface area (Å²) in [5.74, 6) is 0.878. The number of nitrogens with one attached hydrogen (secondary N) is 1. The van der Waals surface area contributed by atoms with Gasteiger partial charge in [0.1, 0.15) is 18.5 Å². The third-order valence-corrected chi connectivity index (χ3v) is 5.40. The van der Waals surface area contributed by atoms with Crippen molar-refractivity contribution in [1.29, 1.82) is 0 Å². The molecule has 4 rings (SSSR count). The molecule has 0 spiro atoms. The number of furan rings is 1. The molecule has 1 aromatic carbocycles. The van der Waals surface area contributed by atoms with Crippen LogP contribution in [-0.2, 0) is 0 Å². The van der Waals surface area contributed by atoms with Crippen molar-refractivity contribution in [2.75, 3.05) is 26.2 Å². The van der Waals surface area contributed by atoms with E-state index in [1.165, 1.54) is 5.56 Å². The van der Waals surface area contributed by atoms with Gasteiger partial charge in [-0.3, -0.25) is 9.78 Å². The van der Waals surface area contributed by atoms with Crippen molar-refractivity contribution in [2.24, 2.45) is 0 Å². The molecule has 1 saturated heterocycles. The summed E-state index contributed by atoms with van der Waals surface area (Å²) in [6.45, 7) is 4.48. The van der Waals surface area contributed by atoms with Crippen molar-refractivity contribution in [3.63, 3.8) is 0 Å². The van der Waals surface area contributed by atoms with Crippen molar-refractivity contribution in [3.8, 4) is 5.75 Å². The maximum atomic E-state index is 12.5. The molecule has 3 heterocycles. The molecule has 1 aliphatic heterocycles. The van der Waals surface area contributed by atoms with Gasteiger partial charge in [-0.2, -0.15) is 0 Å². The van der Waals surface area contributed by atoms with Crippen molar-refractivity contribution >= 4 is 16.9 Å². The lowest BCUT2D eigenvalue weighted by atomic mass is 10.0. The van der Waals surface area contributed by atoms with E-state index in [4.69, 9.17) is 9.15 Å². The number of β-amino-alcohol motifs (C(OH)–C–C–N with tert-alkyl or cyclic N) is 1. The number of aromatic nitrogens is 1. The topological polar surface area (TPSA) is 87.8 Å². The van der Waals surface area contributed by atoms with Crippen LogP contribution in [0.5, 0.6) is 5.75 Å². The van der Waals surface area contributed by atoms with Gasteiger partial charge in [-0.1, -0.05) is 17.7 Å². The van der Waals surface area contributed by atoms with Crippen LogP contribution >= 0.6 is 0 Å². The van der Waals surface area contributed by atoms with Crippen LogP contribution in [0.4, 0.5) is 0 Å². The highest BCUT2D eigenvalue weighted by Crippen LogP contribution is 2.19. The van der Waals surface area contributed by atoms with E-state index in [-0.39, 0.29) is 18.6 Å². The molecule has 158 valence electrons. The van der Waals surface area contributed by atoms with Crippen molar-refractivity contribution < 1.29 is 19.1 Å². The molecule has 1 fully saturated rings. The Kier molecular flexibility index (Phi) is 6.30. The average Bonchev–Trinajstić information content (AvgIpc) is 3.19. The summed E-state index contributed by atoms with van der Waals surface area (Å²) in [6.07, 6.45) is 4.40. The number of fused-ring (bicyclic) bond motifs is 1. The number of rotatable bonds is 7. The number of carbonyl (C=O) groups is 1. The Labute approximate surface area is 175 Å². The lowest BCUT2D eigenvalue weighted by Gasteiger charge is -2.33. The van der Waals surface area contributed by atoms with Crippen LogP contribution in [0.2, 0.25) is 0 Å². The second kappa shape index (κ2) is 9.28. The molecule has 1 unspecified atom stereocenters. The Morgan fingerprint density at radius 1 is 1.30 bits per heavy atom. The first-order valence-electron chi connectivity index (χ1n) is 10.3. The lowest BCUT2D eigenvalue weighted by Crippen LogP contribution is -2.47. The number of aryl methyl sites for hydroxylation is 1. The summed E-state index contributed by atoms with van der Waals surface area (Å²) in [7, 11) is 0. The Hall–Kier alpha value is -2.90. The zero-order chi connectivity index (χ0) is 20.9. The van der Waals surface area contributed by atoms with E-state index in [1.807, 2.05) is 37.3 Å². The number of hydrogen-bond donors (Lipinski definition) is 2. The molecule has 1 atom stereocenters. The van der Waals surface area contributed by atoms with Gasteiger partial charge >= 0.3 is 0 Å². The number of carbonyl (C=O) groups excluding carboxylic acids is 1. The van der Waals surface area contributed by atoms with E-state index >= 15 is 0 Å². The molecule has 2 N–H and O–H groups in total. The normalized spacial score (nSPS) is 16.5. The molecule has 0 saturated carbocycles. The van der Waals surface area contributed by atoms with E-state index in [0.29, 0.717) is 17.9 Å². The third-order valence-electron chi connectivity index (χ3n) is 5.40. The molecular weight excluding hydrogens is 382 g/mol. The summed E-state index contributed by atoms with van der Waals surface area (Å²) >= 11 is 0. The number of pyridine rings is 1. The highest BCUT2D eigenvalue weighted by atomic mass is 16.5. The van der Waals surface area contributed by atoms with E-state index in [1.54, 1.807) is 18.5 Å². The number of nitrogens with zero attached hydrogens (tertiary/aromatic N) is 2. The largest absolute Gasteiger partial charge is 0.491 e. The summed E-state index contributed by atoms with van der Waals surface area (Å²) < 4.78 is 11.2. The van der Waals surface area contributed by atoms with Crippen molar-refractivity contribution in [2.45, 2.75) is 31.9 Å². The van der Waals surface area contributed by atoms with Crippen LogP contribution in [0.15, 0.2) is 53.2 Å². The van der Waals surface area contributed by atoms with Crippen LogP contribution in [-0.4, -0.2) is 59.3 Å². The van der Waals surface area contributed by atoms with Gasteiger partial charge in [0.2, 0.25) is 0 Å². The van der Waals surface area contributed by atoms with Gasteiger partial charge in [0, 0.05) is 37.3 Å². The van der Waals surface area contributed by atoms with Gasteiger partial charge in [-0.05, 0) is 44.0 Å².